The summed E-state index contributed by atoms with van der Waals surface area (Å²) in [4.78, 5) is 1.85. The molecule has 0 aliphatic carbocycles. The maximum Gasteiger partial charge on any atom is 0.0639 e. The molecule has 0 aliphatic heterocycles. The van der Waals surface area contributed by atoms with Crippen LogP contribution in [0.15, 0.2) is 0 Å². The normalized spacial score (nSPS) is 16.1. The molecular formula is C11H29N3O3. The molecule has 106 valence electrons. The zero-order chi connectivity index (χ0) is 13.8. The first-order valence-corrected chi connectivity index (χ1v) is 6.00. The zero-order valence-corrected chi connectivity index (χ0v) is 11.2. The number of hydrogen-bond acceptors (Lipinski definition) is 6. The Labute approximate surface area is 104 Å². The lowest BCUT2D eigenvalue weighted by Gasteiger charge is -2.25. The topological polar surface area (TPSA) is 116 Å². The van der Waals surface area contributed by atoms with Crippen LogP contribution in [0.3, 0.4) is 0 Å². The first-order chi connectivity index (χ1) is 7.83. The molecule has 0 spiro atoms. The third-order valence-electron chi connectivity index (χ3n) is 1.73. The van der Waals surface area contributed by atoms with Crippen molar-refractivity contribution in [3.8, 4) is 0 Å². The molecule has 0 heterocycles. The van der Waals surface area contributed by atoms with Crippen molar-refractivity contribution in [3.63, 3.8) is 0 Å². The molecule has 0 radical (unpaired) electrons. The molecule has 0 saturated carbocycles. The maximum absolute atomic E-state index is 9.14. The number of hydrogen-bond donors (Lipinski definition) is 5. The monoisotopic (exact) mass is 251 g/mol. The van der Waals surface area contributed by atoms with Gasteiger partial charge < -0.3 is 26.8 Å². The van der Waals surface area contributed by atoms with Crippen molar-refractivity contribution in [3.05, 3.63) is 0 Å². The molecule has 0 amide bonds. The van der Waals surface area contributed by atoms with Gasteiger partial charge in [0.25, 0.3) is 0 Å². The molecule has 0 aromatic rings. The minimum Gasteiger partial charge on any atom is -0.392 e. The molecule has 6 heteroatoms. The van der Waals surface area contributed by atoms with Gasteiger partial charge in [0.2, 0.25) is 0 Å². The van der Waals surface area contributed by atoms with Gasteiger partial charge in [-0.2, -0.15) is 0 Å². The largest absolute Gasteiger partial charge is 0.392 e. The van der Waals surface area contributed by atoms with Gasteiger partial charge in [-0.25, -0.2) is 0 Å². The van der Waals surface area contributed by atoms with Crippen LogP contribution in [0.1, 0.15) is 20.8 Å². The molecule has 0 rings (SSSR count). The summed E-state index contributed by atoms with van der Waals surface area (Å²) >= 11 is 0. The highest BCUT2D eigenvalue weighted by Crippen LogP contribution is 1.97. The molecule has 0 bridgehead atoms. The van der Waals surface area contributed by atoms with Crippen LogP contribution in [-0.2, 0) is 0 Å². The van der Waals surface area contributed by atoms with Crippen molar-refractivity contribution in [1.82, 2.24) is 4.90 Å². The van der Waals surface area contributed by atoms with Crippen molar-refractivity contribution in [2.24, 2.45) is 11.5 Å². The Balaban J connectivity index is 0. The fraction of sp³-hybridized carbons (Fsp3) is 1.00. The fourth-order valence-electron chi connectivity index (χ4n) is 1.34. The Morgan fingerprint density at radius 3 is 1.12 bits per heavy atom. The predicted octanol–water partition coefficient (Wildman–Crippen LogP) is -1.67. The summed E-state index contributed by atoms with van der Waals surface area (Å²) in [5, 5.41) is 27.4. The van der Waals surface area contributed by atoms with E-state index in [4.69, 9.17) is 26.8 Å². The van der Waals surface area contributed by atoms with E-state index in [1.165, 1.54) is 0 Å². The van der Waals surface area contributed by atoms with E-state index < -0.39 is 18.3 Å². The molecular weight excluding hydrogens is 222 g/mol. The Morgan fingerprint density at radius 2 is 1.00 bits per heavy atom. The van der Waals surface area contributed by atoms with Crippen LogP contribution in [0.2, 0.25) is 0 Å². The summed E-state index contributed by atoms with van der Waals surface area (Å²) in [5.74, 6) is 0. The summed E-state index contributed by atoms with van der Waals surface area (Å²) in [7, 11) is 0. The van der Waals surface area contributed by atoms with Crippen LogP contribution in [0.5, 0.6) is 0 Å². The minimum absolute atomic E-state index is 0.433. The van der Waals surface area contributed by atoms with Gasteiger partial charge in [0.1, 0.15) is 0 Å². The predicted molar refractivity (Wildman–Crippen MR) is 69.6 cm³/mol. The lowest BCUT2D eigenvalue weighted by Crippen LogP contribution is -2.40. The van der Waals surface area contributed by atoms with Crippen LogP contribution in [0, 0.1) is 0 Å². The van der Waals surface area contributed by atoms with E-state index in [1.54, 1.807) is 20.8 Å². The first-order valence-electron chi connectivity index (χ1n) is 6.00. The van der Waals surface area contributed by atoms with Gasteiger partial charge in [-0.1, -0.05) is 0 Å². The number of aliphatic hydroxyl groups is 3. The molecule has 6 nitrogen and oxygen atoms in total. The Bertz CT molecular complexity index is 129. The van der Waals surface area contributed by atoms with Crippen LogP contribution in [0.25, 0.3) is 0 Å². The highest BCUT2D eigenvalue weighted by atomic mass is 16.3. The second-order valence-corrected chi connectivity index (χ2v) is 4.34. The second kappa shape index (κ2) is 12.2. The SMILES string of the molecule is CC(O)CN(CC(C)O)CC(C)O.NCCN. The minimum atomic E-state index is -0.433. The Hall–Kier alpha value is -0.240. The van der Waals surface area contributed by atoms with E-state index in [1.807, 2.05) is 4.90 Å². The second-order valence-electron chi connectivity index (χ2n) is 4.34. The summed E-state index contributed by atoms with van der Waals surface area (Å²) in [6.07, 6.45) is -1.30. The lowest BCUT2D eigenvalue weighted by molar-refractivity contribution is 0.0530. The van der Waals surface area contributed by atoms with Crippen molar-refractivity contribution >= 4 is 0 Å². The third-order valence-corrected chi connectivity index (χ3v) is 1.73. The van der Waals surface area contributed by atoms with Crippen LogP contribution in [-0.4, -0.2) is 71.3 Å². The summed E-state index contributed by atoms with van der Waals surface area (Å²) in [5.41, 5.74) is 9.81. The molecule has 3 atom stereocenters. The van der Waals surface area contributed by atoms with Gasteiger partial charge in [0.05, 0.1) is 18.3 Å². The molecule has 0 aromatic carbocycles. The van der Waals surface area contributed by atoms with E-state index in [0.717, 1.165) is 0 Å². The highest BCUT2D eigenvalue weighted by Gasteiger charge is 2.12. The zero-order valence-electron chi connectivity index (χ0n) is 11.2. The quantitative estimate of drug-likeness (QED) is 0.370. The van der Waals surface area contributed by atoms with Crippen molar-refractivity contribution in [1.29, 1.82) is 0 Å². The molecule has 0 aliphatic rings. The van der Waals surface area contributed by atoms with E-state index in [9.17, 15) is 0 Å². The van der Waals surface area contributed by atoms with Gasteiger partial charge in [0.15, 0.2) is 0 Å². The highest BCUT2D eigenvalue weighted by molar-refractivity contribution is 4.66. The number of nitrogens with two attached hydrogens (primary N) is 2. The molecule has 0 fully saturated rings. The molecule has 0 aromatic heterocycles. The van der Waals surface area contributed by atoms with E-state index in [2.05, 4.69) is 0 Å². The standard InChI is InChI=1S/C9H21NO3.C2H8N2/c1-7(11)4-10(5-8(2)12)6-9(3)13;3-1-2-4/h7-9,11-13H,4-6H2,1-3H3;1-4H2. The summed E-state index contributed by atoms with van der Waals surface area (Å²) in [6, 6.07) is 0. The van der Waals surface area contributed by atoms with Crippen molar-refractivity contribution in [2.45, 2.75) is 39.1 Å². The summed E-state index contributed by atoms with van der Waals surface area (Å²) < 4.78 is 0. The number of aliphatic hydroxyl groups excluding tert-OH is 3. The smallest absolute Gasteiger partial charge is 0.0639 e. The van der Waals surface area contributed by atoms with Crippen LogP contribution >= 0.6 is 0 Å². The van der Waals surface area contributed by atoms with E-state index in [-0.39, 0.29) is 0 Å². The maximum atomic E-state index is 9.14. The average molecular weight is 251 g/mol. The molecule has 7 N–H and O–H groups in total. The van der Waals surface area contributed by atoms with Gasteiger partial charge in [-0.05, 0) is 20.8 Å². The lowest BCUT2D eigenvalue weighted by atomic mass is 10.2. The van der Waals surface area contributed by atoms with Crippen molar-refractivity contribution in [2.75, 3.05) is 32.7 Å². The fourth-order valence-corrected chi connectivity index (χ4v) is 1.34. The van der Waals surface area contributed by atoms with Crippen molar-refractivity contribution < 1.29 is 15.3 Å². The van der Waals surface area contributed by atoms with Gasteiger partial charge in [-0.15, -0.1) is 0 Å². The van der Waals surface area contributed by atoms with Crippen LogP contribution in [0.4, 0.5) is 0 Å². The Kier molecular flexibility index (Phi) is 13.7. The Morgan fingerprint density at radius 1 is 0.765 bits per heavy atom. The summed E-state index contributed by atoms with van der Waals surface area (Å²) in [6.45, 7) is 7.71. The number of nitrogens with zero attached hydrogens (tertiary/aromatic N) is 1. The van der Waals surface area contributed by atoms with Gasteiger partial charge in [0, 0.05) is 32.7 Å². The third kappa shape index (κ3) is 18.3. The van der Waals surface area contributed by atoms with E-state index in [0.29, 0.717) is 32.7 Å². The van der Waals surface area contributed by atoms with Crippen LogP contribution < -0.4 is 11.5 Å². The average Bonchev–Trinajstić information content (AvgIpc) is 2.14. The molecule has 17 heavy (non-hydrogen) atoms. The van der Waals surface area contributed by atoms with Gasteiger partial charge in [-0.3, -0.25) is 4.90 Å². The van der Waals surface area contributed by atoms with E-state index >= 15 is 0 Å². The molecule has 0 saturated heterocycles. The number of rotatable bonds is 7. The first kappa shape index (κ1) is 19.1. The molecule has 3 unspecified atom stereocenters. The van der Waals surface area contributed by atoms with Gasteiger partial charge >= 0.3 is 0 Å².